The number of nitrogens with one attached hydrogen (secondary N) is 1. The zero-order valence-electron chi connectivity index (χ0n) is 14.0. The van der Waals surface area contributed by atoms with Gasteiger partial charge in [-0.2, -0.15) is 0 Å². The van der Waals surface area contributed by atoms with Crippen LogP contribution in [0, 0.1) is 0 Å². The fourth-order valence-corrected chi connectivity index (χ4v) is 2.99. The summed E-state index contributed by atoms with van der Waals surface area (Å²) in [6, 6.07) is 16.7. The van der Waals surface area contributed by atoms with E-state index in [1.54, 1.807) is 12.1 Å². The van der Waals surface area contributed by atoms with Crippen molar-refractivity contribution in [1.82, 2.24) is 9.80 Å². The predicted molar refractivity (Wildman–Crippen MR) is 101 cm³/mol. The number of carbonyl (C=O) groups is 3. The highest BCUT2D eigenvalue weighted by molar-refractivity contribution is 9.10. The van der Waals surface area contributed by atoms with E-state index in [-0.39, 0.29) is 12.5 Å². The number of hydrogen-bond donors (Lipinski definition) is 1. The average molecular weight is 416 g/mol. The third kappa shape index (κ3) is 4.49. The third-order valence-corrected chi connectivity index (χ3v) is 4.60. The average Bonchev–Trinajstić information content (AvgIpc) is 2.64. The van der Waals surface area contributed by atoms with Crippen LogP contribution in [-0.2, 0) is 20.9 Å². The van der Waals surface area contributed by atoms with E-state index in [9.17, 15) is 14.4 Å². The van der Waals surface area contributed by atoms with E-state index in [2.05, 4.69) is 21.2 Å². The summed E-state index contributed by atoms with van der Waals surface area (Å²) < 4.78 is 0.908. The molecule has 2 aromatic rings. The number of amides is 3. The molecule has 0 radical (unpaired) electrons. The van der Waals surface area contributed by atoms with Gasteiger partial charge in [0.25, 0.3) is 0 Å². The molecule has 2 aromatic carbocycles. The highest BCUT2D eigenvalue weighted by atomic mass is 79.9. The smallest absolute Gasteiger partial charge is 0.312 e. The van der Waals surface area contributed by atoms with Gasteiger partial charge in [0.15, 0.2) is 0 Å². The van der Waals surface area contributed by atoms with Gasteiger partial charge < -0.3 is 15.1 Å². The molecule has 0 atom stereocenters. The molecule has 1 saturated heterocycles. The predicted octanol–water partition coefficient (Wildman–Crippen LogP) is 2.26. The molecular weight excluding hydrogens is 398 g/mol. The van der Waals surface area contributed by atoms with Crippen molar-refractivity contribution in [1.29, 1.82) is 0 Å². The Morgan fingerprint density at radius 3 is 2.23 bits per heavy atom. The Hall–Kier alpha value is -2.67. The van der Waals surface area contributed by atoms with Gasteiger partial charge >= 0.3 is 11.8 Å². The van der Waals surface area contributed by atoms with E-state index >= 15 is 0 Å². The Morgan fingerprint density at radius 2 is 1.54 bits per heavy atom. The summed E-state index contributed by atoms with van der Waals surface area (Å²) in [4.78, 5) is 39.6. The minimum atomic E-state index is -0.641. The molecule has 0 bridgehead atoms. The van der Waals surface area contributed by atoms with Gasteiger partial charge in [0, 0.05) is 29.8 Å². The Labute approximate surface area is 159 Å². The fourth-order valence-electron chi connectivity index (χ4n) is 2.73. The monoisotopic (exact) mass is 415 g/mol. The van der Waals surface area contributed by atoms with E-state index in [4.69, 9.17) is 0 Å². The Kier molecular flexibility index (Phi) is 5.68. The molecule has 0 spiro atoms. The summed E-state index contributed by atoms with van der Waals surface area (Å²) in [5, 5.41) is 2.72. The molecule has 134 valence electrons. The van der Waals surface area contributed by atoms with E-state index in [1.807, 2.05) is 42.5 Å². The van der Waals surface area contributed by atoms with Crippen molar-refractivity contribution in [3.63, 3.8) is 0 Å². The lowest BCUT2D eigenvalue weighted by molar-refractivity contribution is -0.157. The molecule has 1 N–H and O–H groups in total. The molecule has 6 nitrogen and oxygen atoms in total. The maximum absolute atomic E-state index is 12.3. The van der Waals surface area contributed by atoms with Crippen molar-refractivity contribution >= 4 is 39.3 Å². The SMILES string of the molecule is O=C(CN1CCN(Cc2ccccc2)C(=O)C1=O)Nc1ccc(Br)cc1. The molecule has 0 unspecified atom stereocenters. The van der Waals surface area contributed by atoms with Crippen LogP contribution in [0.4, 0.5) is 5.69 Å². The Morgan fingerprint density at radius 1 is 0.923 bits per heavy atom. The quantitative estimate of drug-likeness (QED) is 0.761. The molecule has 3 amide bonds. The molecule has 1 heterocycles. The van der Waals surface area contributed by atoms with Crippen molar-refractivity contribution < 1.29 is 14.4 Å². The second-order valence-corrected chi connectivity index (χ2v) is 6.91. The molecule has 3 rings (SSSR count). The number of nitrogens with zero attached hydrogens (tertiary/aromatic N) is 2. The van der Waals surface area contributed by atoms with E-state index in [0.717, 1.165) is 10.0 Å². The van der Waals surface area contributed by atoms with Crippen LogP contribution in [0.3, 0.4) is 0 Å². The summed E-state index contributed by atoms with van der Waals surface area (Å²) >= 11 is 3.33. The van der Waals surface area contributed by atoms with Crippen LogP contribution in [0.15, 0.2) is 59.1 Å². The van der Waals surface area contributed by atoms with Crippen LogP contribution in [0.25, 0.3) is 0 Å². The van der Waals surface area contributed by atoms with Crippen LogP contribution in [0.5, 0.6) is 0 Å². The number of carbonyl (C=O) groups excluding carboxylic acids is 3. The van der Waals surface area contributed by atoms with Crippen LogP contribution in [0.1, 0.15) is 5.56 Å². The topological polar surface area (TPSA) is 69.7 Å². The lowest BCUT2D eigenvalue weighted by atomic mass is 10.2. The second-order valence-electron chi connectivity index (χ2n) is 5.99. The minimum Gasteiger partial charge on any atom is -0.328 e. The third-order valence-electron chi connectivity index (χ3n) is 4.08. The molecule has 0 saturated carbocycles. The zero-order valence-corrected chi connectivity index (χ0v) is 15.6. The maximum atomic E-state index is 12.3. The molecule has 0 aliphatic carbocycles. The van der Waals surface area contributed by atoms with Crippen LogP contribution >= 0.6 is 15.9 Å². The molecule has 26 heavy (non-hydrogen) atoms. The summed E-state index contributed by atoms with van der Waals surface area (Å²) in [6.45, 7) is 1.00. The first-order chi connectivity index (χ1) is 12.5. The van der Waals surface area contributed by atoms with Crippen LogP contribution in [-0.4, -0.2) is 47.2 Å². The lowest BCUT2D eigenvalue weighted by Gasteiger charge is -2.33. The number of hydrogen-bond acceptors (Lipinski definition) is 3. The lowest BCUT2D eigenvalue weighted by Crippen LogP contribution is -2.55. The summed E-state index contributed by atoms with van der Waals surface area (Å²) in [5.41, 5.74) is 1.61. The number of halogens is 1. The van der Waals surface area contributed by atoms with Crippen LogP contribution in [0.2, 0.25) is 0 Å². The van der Waals surface area contributed by atoms with E-state index in [0.29, 0.717) is 25.3 Å². The Balaban J connectivity index is 1.55. The molecule has 7 heteroatoms. The minimum absolute atomic E-state index is 0.139. The van der Waals surface area contributed by atoms with Gasteiger partial charge in [-0.3, -0.25) is 14.4 Å². The van der Waals surface area contributed by atoms with Crippen molar-refractivity contribution in [3.8, 4) is 0 Å². The summed E-state index contributed by atoms with van der Waals surface area (Å²) in [5.74, 6) is -1.54. The van der Waals surface area contributed by atoms with Gasteiger partial charge in [0.05, 0.1) is 0 Å². The van der Waals surface area contributed by atoms with Crippen molar-refractivity contribution in [2.75, 3.05) is 25.0 Å². The van der Waals surface area contributed by atoms with Gasteiger partial charge in [-0.1, -0.05) is 46.3 Å². The van der Waals surface area contributed by atoms with Crippen LogP contribution < -0.4 is 5.32 Å². The number of anilines is 1. The number of benzene rings is 2. The molecular formula is C19H18BrN3O3. The zero-order chi connectivity index (χ0) is 18.5. The fraction of sp³-hybridized carbons (Fsp3) is 0.211. The first-order valence-electron chi connectivity index (χ1n) is 8.20. The Bertz CT molecular complexity index is 809. The summed E-state index contributed by atoms with van der Waals surface area (Å²) in [7, 11) is 0. The molecule has 0 aromatic heterocycles. The normalized spacial score (nSPS) is 14.5. The molecule has 1 aliphatic rings. The van der Waals surface area contributed by atoms with Gasteiger partial charge in [0.2, 0.25) is 5.91 Å². The van der Waals surface area contributed by atoms with Gasteiger partial charge in [-0.25, -0.2) is 0 Å². The first-order valence-corrected chi connectivity index (χ1v) is 9.00. The molecule has 1 fully saturated rings. The summed E-state index contributed by atoms with van der Waals surface area (Å²) in [6.07, 6.45) is 0. The van der Waals surface area contributed by atoms with E-state index in [1.165, 1.54) is 9.80 Å². The number of rotatable bonds is 5. The molecule has 1 aliphatic heterocycles. The van der Waals surface area contributed by atoms with Crippen molar-refractivity contribution in [3.05, 3.63) is 64.6 Å². The van der Waals surface area contributed by atoms with E-state index < -0.39 is 11.8 Å². The van der Waals surface area contributed by atoms with Gasteiger partial charge in [-0.15, -0.1) is 0 Å². The highest BCUT2D eigenvalue weighted by Crippen LogP contribution is 2.15. The maximum Gasteiger partial charge on any atom is 0.312 e. The standard InChI is InChI=1S/C19H18BrN3O3/c20-15-6-8-16(9-7-15)21-17(24)13-23-11-10-22(18(25)19(23)26)12-14-4-2-1-3-5-14/h1-9H,10-13H2,(H,21,24). The largest absolute Gasteiger partial charge is 0.328 e. The number of piperazine rings is 1. The highest BCUT2D eigenvalue weighted by Gasteiger charge is 2.33. The van der Waals surface area contributed by atoms with Gasteiger partial charge in [0.1, 0.15) is 6.54 Å². The van der Waals surface area contributed by atoms with Gasteiger partial charge in [-0.05, 0) is 29.8 Å². The second kappa shape index (κ2) is 8.14. The first kappa shape index (κ1) is 18.1. The van der Waals surface area contributed by atoms with Crippen molar-refractivity contribution in [2.45, 2.75) is 6.54 Å². The van der Waals surface area contributed by atoms with Crippen molar-refractivity contribution in [2.24, 2.45) is 0 Å².